The summed E-state index contributed by atoms with van der Waals surface area (Å²) in [5.74, 6) is 0. The molecule has 0 amide bonds. The highest BCUT2D eigenvalue weighted by atomic mass is 15.4. The van der Waals surface area contributed by atoms with Crippen LogP contribution in [0.25, 0.3) is 0 Å². The molecule has 0 aromatic heterocycles. The quantitative estimate of drug-likeness (QED) is 0.475. The fourth-order valence-corrected chi connectivity index (χ4v) is 1.86. The van der Waals surface area contributed by atoms with Crippen LogP contribution >= 0.6 is 0 Å². The maximum Gasteiger partial charge on any atom is 0.0525 e. The third kappa shape index (κ3) is 1.10. The van der Waals surface area contributed by atoms with E-state index in [1.54, 1.807) is 5.57 Å². The maximum atomic E-state index is 5.42. The summed E-state index contributed by atoms with van der Waals surface area (Å²) >= 11 is 0. The summed E-state index contributed by atoms with van der Waals surface area (Å²) in [6.07, 6.45) is 4.73. The highest BCUT2D eigenvalue weighted by molar-refractivity contribution is 5.52. The zero-order chi connectivity index (χ0) is 7.84. The fourth-order valence-electron chi connectivity index (χ4n) is 1.86. The molecule has 0 aromatic carbocycles. The van der Waals surface area contributed by atoms with E-state index in [4.69, 9.17) is 5.73 Å². The molecule has 1 saturated carbocycles. The monoisotopic (exact) mass is 152 g/mol. The minimum absolute atomic E-state index is 0.836. The van der Waals surface area contributed by atoms with Gasteiger partial charge in [0.2, 0.25) is 0 Å². The Labute approximate surface area is 68.1 Å². The largest absolute Gasteiger partial charge is 0.330 e. The van der Waals surface area contributed by atoms with E-state index in [2.05, 4.69) is 17.9 Å². The minimum Gasteiger partial charge on any atom is -0.330 e. The number of hydrogen-bond donors (Lipinski definition) is 1. The van der Waals surface area contributed by atoms with Crippen molar-refractivity contribution >= 4 is 0 Å². The molecule has 0 spiro atoms. The highest BCUT2D eigenvalue weighted by Gasteiger charge is 2.66. The number of nitrogens with two attached hydrogens (primary N) is 1. The molecule has 0 aromatic rings. The Kier molecular flexibility index (Phi) is 1.74. The Morgan fingerprint density at radius 2 is 2.27 bits per heavy atom. The lowest BCUT2D eigenvalue weighted by molar-refractivity contribution is 0.451. The van der Waals surface area contributed by atoms with Crippen molar-refractivity contribution in [1.82, 2.24) is 4.90 Å². The van der Waals surface area contributed by atoms with E-state index in [-0.39, 0.29) is 0 Å². The molecular weight excluding hydrogens is 136 g/mol. The summed E-state index contributed by atoms with van der Waals surface area (Å²) in [5, 5.41) is 0. The average Bonchev–Trinajstić information content (AvgIpc) is 2.85. The summed E-state index contributed by atoms with van der Waals surface area (Å²) in [4.78, 5) is 2.52. The molecule has 1 aliphatic heterocycles. The van der Waals surface area contributed by atoms with Gasteiger partial charge in [0.1, 0.15) is 0 Å². The zero-order valence-corrected chi connectivity index (χ0v) is 7.09. The van der Waals surface area contributed by atoms with Gasteiger partial charge in [-0.05, 0) is 25.0 Å². The number of likely N-dealkylation sites (tertiary alicyclic amines) is 1. The van der Waals surface area contributed by atoms with Gasteiger partial charge in [-0.2, -0.15) is 0 Å². The van der Waals surface area contributed by atoms with Gasteiger partial charge in [-0.15, -0.1) is 0 Å². The first-order valence-corrected chi connectivity index (χ1v) is 4.56. The highest BCUT2D eigenvalue weighted by Crippen LogP contribution is 2.56. The Balaban J connectivity index is 1.66. The van der Waals surface area contributed by atoms with Crippen LogP contribution in [0.15, 0.2) is 11.6 Å². The average molecular weight is 152 g/mol. The number of fused-ring (bicyclic) bond motifs is 1. The molecule has 2 fully saturated rings. The minimum atomic E-state index is 0.836. The van der Waals surface area contributed by atoms with Crippen LogP contribution in [-0.2, 0) is 0 Å². The molecule has 1 aliphatic carbocycles. The van der Waals surface area contributed by atoms with Gasteiger partial charge in [0.05, 0.1) is 12.1 Å². The van der Waals surface area contributed by atoms with Crippen LogP contribution in [0.1, 0.15) is 19.8 Å². The van der Waals surface area contributed by atoms with Crippen LogP contribution in [0.3, 0.4) is 0 Å². The van der Waals surface area contributed by atoms with E-state index in [0.29, 0.717) is 0 Å². The molecule has 2 unspecified atom stereocenters. The van der Waals surface area contributed by atoms with E-state index in [1.807, 2.05) is 0 Å². The molecule has 0 radical (unpaired) electrons. The second-order valence-corrected chi connectivity index (χ2v) is 3.38. The van der Waals surface area contributed by atoms with Crippen molar-refractivity contribution in [2.45, 2.75) is 31.8 Å². The maximum absolute atomic E-state index is 5.42. The van der Waals surface area contributed by atoms with Gasteiger partial charge in [-0.3, -0.25) is 4.90 Å². The predicted molar refractivity (Wildman–Crippen MR) is 46.3 cm³/mol. The van der Waals surface area contributed by atoms with Gasteiger partial charge in [-0.25, -0.2) is 0 Å². The Bertz CT molecular complexity index is 174. The molecule has 62 valence electrons. The summed E-state index contributed by atoms with van der Waals surface area (Å²) < 4.78 is 0. The van der Waals surface area contributed by atoms with Crippen LogP contribution in [0.2, 0.25) is 0 Å². The third-order valence-electron chi connectivity index (χ3n) is 2.56. The van der Waals surface area contributed by atoms with Crippen molar-refractivity contribution in [2.75, 3.05) is 13.1 Å². The van der Waals surface area contributed by atoms with E-state index < -0.39 is 0 Å². The Hall–Kier alpha value is -0.340. The molecule has 2 aliphatic rings. The molecule has 2 nitrogen and oxygen atoms in total. The van der Waals surface area contributed by atoms with E-state index in [0.717, 1.165) is 25.0 Å². The van der Waals surface area contributed by atoms with Gasteiger partial charge in [0.25, 0.3) is 0 Å². The lowest BCUT2D eigenvalue weighted by Gasteiger charge is -2.07. The van der Waals surface area contributed by atoms with Crippen LogP contribution in [0, 0.1) is 0 Å². The molecular formula is C9H16N2. The van der Waals surface area contributed by atoms with Crippen molar-refractivity contribution < 1.29 is 0 Å². The Morgan fingerprint density at radius 1 is 1.55 bits per heavy atom. The lowest BCUT2D eigenvalue weighted by Crippen LogP contribution is -2.15. The summed E-state index contributed by atoms with van der Waals surface area (Å²) in [6.45, 7) is 4.25. The van der Waals surface area contributed by atoms with Gasteiger partial charge in [0.15, 0.2) is 0 Å². The summed E-state index contributed by atoms with van der Waals surface area (Å²) in [6, 6.07) is 1.72. The summed E-state index contributed by atoms with van der Waals surface area (Å²) in [7, 11) is 0. The number of rotatable bonds is 4. The van der Waals surface area contributed by atoms with Crippen LogP contribution in [0.4, 0.5) is 0 Å². The summed E-state index contributed by atoms with van der Waals surface area (Å²) in [5.41, 5.74) is 7.10. The molecule has 1 heterocycles. The molecule has 1 saturated heterocycles. The van der Waals surface area contributed by atoms with Crippen molar-refractivity contribution in [3.63, 3.8) is 0 Å². The van der Waals surface area contributed by atoms with E-state index >= 15 is 0 Å². The Morgan fingerprint density at radius 3 is 2.82 bits per heavy atom. The molecule has 0 bridgehead atoms. The number of nitrogens with zero attached hydrogens (tertiary/aromatic N) is 1. The first kappa shape index (κ1) is 7.32. The normalized spacial score (nSPS) is 38.4. The smallest absolute Gasteiger partial charge is 0.0525 e. The van der Waals surface area contributed by atoms with E-state index in [1.165, 1.54) is 13.0 Å². The topological polar surface area (TPSA) is 29.0 Å². The SMILES string of the molecule is CCC=C1C2C1N2CCCN. The molecule has 2 atom stereocenters. The van der Waals surface area contributed by atoms with Crippen LogP contribution < -0.4 is 5.73 Å². The van der Waals surface area contributed by atoms with Crippen molar-refractivity contribution in [1.29, 1.82) is 0 Å². The van der Waals surface area contributed by atoms with Crippen LogP contribution in [0.5, 0.6) is 0 Å². The zero-order valence-electron chi connectivity index (χ0n) is 7.09. The number of allylic oxidation sites excluding steroid dienone is 1. The molecule has 11 heavy (non-hydrogen) atoms. The van der Waals surface area contributed by atoms with Gasteiger partial charge in [-0.1, -0.05) is 13.0 Å². The van der Waals surface area contributed by atoms with Crippen LogP contribution in [-0.4, -0.2) is 30.1 Å². The first-order valence-electron chi connectivity index (χ1n) is 4.56. The van der Waals surface area contributed by atoms with E-state index in [9.17, 15) is 0 Å². The predicted octanol–water partition coefficient (Wildman–Crippen LogP) is 0.738. The lowest BCUT2D eigenvalue weighted by atomic mass is 10.3. The fraction of sp³-hybridized carbons (Fsp3) is 0.778. The molecule has 2 rings (SSSR count). The van der Waals surface area contributed by atoms with Crippen molar-refractivity contribution in [2.24, 2.45) is 5.73 Å². The van der Waals surface area contributed by atoms with Gasteiger partial charge < -0.3 is 5.73 Å². The third-order valence-corrected chi connectivity index (χ3v) is 2.56. The van der Waals surface area contributed by atoms with Crippen molar-refractivity contribution in [3.8, 4) is 0 Å². The van der Waals surface area contributed by atoms with Crippen molar-refractivity contribution in [3.05, 3.63) is 11.6 Å². The standard InChI is InChI=1S/C9H16N2/c1-2-4-7-8-9(7)11(8)6-3-5-10/h4,8-9H,2-3,5-6,10H2,1H3. The molecule has 2 heteroatoms. The van der Waals surface area contributed by atoms with Gasteiger partial charge >= 0.3 is 0 Å². The second-order valence-electron chi connectivity index (χ2n) is 3.38. The first-order chi connectivity index (χ1) is 5.40. The molecule has 2 N–H and O–H groups in total. The van der Waals surface area contributed by atoms with Gasteiger partial charge in [0, 0.05) is 6.54 Å². The second kappa shape index (κ2) is 2.61. The number of hydrogen-bond acceptors (Lipinski definition) is 2.